The third-order valence-electron chi connectivity index (χ3n) is 3.96. The van der Waals surface area contributed by atoms with Crippen LogP contribution in [0, 0.1) is 0 Å². The summed E-state index contributed by atoms with van der Waals surface area (Å²) in [7, 11) is 4.01. The van der Waals surface area contributed by atoms with Crippen molar-refractivity contribution < 1.29 is 0 Å². The van der Waals surface area contributed by atoms with Crippen LogP contribution in [-0.4, -0.2) is 56.0 Å². The first-order valence-electron chi connectivity index (χ1n) is 7.45. The van der Waals surface area contributed by atoms with Gasteiger partial charge in [-0.05, 0) is 31.1 Å². The van der Waals surface area contributed by atoms with Crippen LogP contribution in [0.4, 0.5) is 0 Å². The number of benzene rings is 1. The molecular formula is C16H26N4. The molecule has 1 aromatic carbocycles. The lowest BCUT2D eigenvalue weighted by atomic mass is 10.0. The normalized spacial score (nSPS) is 15.4. The van der Waals surface area contributed by atoms with Crippen LogP contribution in [0.5, 0.6) is 0 Å². The van der Waals surface area contributed by atoms with E-state index < -0.39 is 0 Å². The van der Waals surface area contributed by atoms with E-state index in [1.165, 1.54) is 11.1 Å². The summed E-state index contributed by atoms with van der Waals surface area (Å²) < 4.78 is 0. The number of hydrogen-bond donors (Lipinski definition) is 1. The summed E-state index contributed by atoms with van der Waals surface area (Å²) in [4.78, 5) is 9.06. The fourth-order valence-corrected chi connectivity index (χ4v) is 2.53. The van der Waals surface area contributed by atoms with Gasteiger partial charge in [0.25, 0.3) is 0 Å². The topological polar surface area (TPSA) is 30.9 Å². The standard InChI is InChI=1S/C16H26N4/c1-4-19(3)12-10-18-16(17-2)20-11-9-14-7-5-6-8-15(14)13-20/h5-8H,4,9-13H2,1-3H3,(H,17,18). The number of likely N-dealkylation sites (N-methyl/N-ethyl adjacent to an activating group) is 1. The lowest BCUT2D eigenvalue weighted by Gasteiger charge is -2.32. The van der Waals surface area contributed by atoms with Crippen LogP contribution >= 0.6 is 0 Å². The van der Waals surface area contributed by atoms with E-state index in [4.69, 9.17) is 0 Å². The van der Waals surface area contributed by atoms with Gasteiger partial charge in [-0.3, -0.25) is 4.99 Å². The van der Waals surface area contributed by atoms with Crippen molar-refractivity contribution in [1.29, 1.82) is 0 Å². The smallest absolute Gasteiger partial charge is 0.194 e. The Morgan fingerprint density at radius 2 is 2.10 bits per heavy atom. The highest BCUT2D eigenvalue weighted by molar-refractivity contribution is 5.80. The molecule has 0 aromatic heterocycles. The van der Waals surface area contributed by atoms with Crippen molar-refractivity contribution in [1.82, 2.24) is 15.1 Å². The van der Waals surface area contributed by atoms with Crippen LogP contribution in [0.25, 0.3) is 0 Å². The van der Waals surface area contributed by atoms with Gasteiger partial charge in [-0.2, -0.15) is 0 Å². The summed E-state index contributed by atoms with van der Waals surface area (Å²) in [5.41, 5.74) is 2.90. The number of rotatable bonds is 4. The maximum atomic E-state index is 4.42. The number of guanidine groups is 1. The molecule has 0 aliphatic carbocycles. The van der Waals surface area contributed by atoms with Gasteiger partial charge in [0.15, 0.2) is 5.96 Å². The van der Waals surface area contributed by atoms with Crippen molar-refractivity contribution in [3.63, 3.8) is 0 Å². The minimum Gasteiger partial charge on any atom is -0.355 e. The number of hydrogen-bond acceptors (Lipinski definition) is 2. The lowest BCUT2D eigenvalue weighted by Crippen LogP contribution is -2.45. The van der Waals surface area contributed by atoms with Crippen LogP contribution in [0.3, 0.4) is 0 Å². The van der Waals surface area contributed by atoms with E-state index in [0.29, 0.717) is 0 Å². The molecule has 0 atom stereocenters. The van der Waals surface area contributed by atoms with Crippen LogP contribution in [0.2, 0.25) is 0 Å². The summed E-state index contributed by atoms with van der Waals surface area (Å²) in [6.07, 6.45) is 1.10. The zero-order chi connectivity index (χ0) is 14.4. The fourth-order valence-electron chi connectivity index (χ4n) is 2.53. The summed E-state index contributed by atoms with van der Waals surface area (Å²) in [5.74, 6) is 1.02. The Morgan fingerprint density at radius 1 is 1.35 bits per heavy atom. The third kappa shape index (κ3) is 3.73. The second kappa shape index (κ2) is 7.29. The Bertz CT molecular complexity index is 456. The Kier molecular flexibility index (Phi) is 5.41. The summed E-state index contributed by atoms with van der Waals surface area (Å²) >= 11 is 0. The molecule has 1 aliphatic heterocycles. The molecule has 0 spiro atoms. The maximum absolute atomic E-state index is 4.42. The molecule has 0 fully saturated rings. The van der Waals surface area contributed by atoms with Gasteiger partial charge in [0.05, 0.1) is 0 Å². The van der Waals surface area contributed by atoms with Crippen molar-refractivity contribution in [2.24, 2.45) is 4.99 Å². The van der Waals surface area contributed by atoms with Gasteiger partial charge in [-0.1, -0.05) is 31.2 Å². The van der Waals surface area contributed by atoms with Gasteiger partial charge < -0.3 is 15.1 Å². The highest BCUT2D eigenvalue weighted by Gasteiger charge is 2.18. The predicted molar refractivity (Wildman–Crippen MR) is 85.1 cm³/mol. The van der Waals surface area contributed by atoms with Crippen molar-refractivity contribution in [2.45, 2.75) is 19.9 Å². The van der Waals surface area contributed by atoms with E-state index in [2.05, 4.69) is 58.3 Å². The van der Waals surface area contributed by atoms with E-state index in [1.807, 2.05) is 7.05 Å². The molecule has 1 aromatic rings. The Balaban J connectivity index is 1.90. The molecule has 110 valence electrons. The van der Waals surface area contributed by atoms with E-state index in [9.17, 15) is 0 Å². The van der Waals surface area contributed by atoms with Crippen LogP contribution in [0.1, 0.15) is 18.1 Å². The zero-order valence-corrected chi connectivity index (χ0v) is 12.9. The Hall–Kier alpha value is -1.55. The van der Waals surface area contributed by atoms with E-state index in [1.54, 1.807) is 0 Å². The molecule has 2 rings (SSSR count). The molecule has 20 heavy (non-hydrogen) atoms. The zero-order valence-electron chi connectivity index (χ0n) is 12.9. The summed E-state index contributed by atoms with van der Waals surface area (Å²) in [5, 5.41) is 3.47. The number of nitrogens with one attached hydrogen (secondary N) is 1. The first kappa shape index (κ1) is 14.9. The summed E-state index contributed by atoms with van der Waals surface area (Å²) in [6.45, 7) is 7.24. The molecule has 4 nitrogen and oxygen atoms in total. The third-order valence-corrected chi connectivity index (χ3v) is 3.96. The van der Waals surface area contributed by atoms with Gasteiger partial charge >= 0.3 is 0 Å². The Labute approximate surface area is 122 Å². The Morgan fingerprint density at radius 3 is 2.80 bits per heavy atom. The van der Waals surface area contributed by atoms with Gasteiger partial charge in [0.1, 0.15) is 0 Å². The molecule has 0 radical (unpaired) electrons. The molecule has 0 saturated carbocycles. The summed E-state index contributed by atoms with van der Waals surface area (Å²) in [6, 6.07) is 8.70. The molecule has 0 bridgehead atoms. The molecule has 0 amide bonds. The molecular weight excluding hydrogens is 248 g/mol. The van der Waals surface area contributed by atoms with E-state index in [0.717, 1.165) is 45.1 Å². The molecule has 4 heteroatoms. The van der Waals surface area contributed by atoms with Crippen LogP contribution in [-0.2, 0) is 13.0 Å². The second-order valence-electron chi connectivity index (χ2n) is 5.31. The van der Waals surface area contributed by atoms with Crippen molar-refractivity contribution in [3.8, 4) is 0 Å². The molecule has 1 N–H and O–H groups in total. The van der Waals surface area contributed by atoms with Crippen molar-refractivity contribution >= 4 is 5.96 Å². The van der Waals surface area contributed by atoms with Gasteiger partial charge in [-0.25, -0.2) is 0 Å². The fraction of sp³-hybridized carbons (Fsp3) is 0.562. The molecule has 1 aliphatic rings. The molecule has 1 heterocycles. The van der Waals surface area contributed by atoms with E-state index >= 15 is 0 Å². The van der Waals surface area contributed by atoms with Gasteiger partial charge in [-0.15, -0.1) is 0 Å². The van der Waals surface area contributed by atoms with Crippen LogP contribution < -0.4 is 5.32 Å². The molecule has 0 saturated heterocycles. The van der Waals surface area contributed by atoms with Crippen molar-refractivity contribution in [3.05, 3.63) is 35.4 Å². The van der Waals surface area contributed by atoms with Gasteiger partial charge in [0, 0.05) is 33.2 Å². The van der Waals surface area contributed by atoms with Crippen LogP contribution in [0.15, 0.2) is 29.3 Å². The average molecular weight is 274 g/mol. The minimum atomic E-state index is 0.940. The molecule has 0 unspecified atom stereocenters. The monoisotopic (exact) mass is 274 g/mol. The highest BCUT2D eigenvalue weighted by atomic mass is 15.3. The van der Waals surface area contributed by atoms with Crippen molar-refractivity contribution in [2.75, 3.05) is 40.3 Å². The first-order chi connectivity index (χ1) is 9.74. The SMILES string of the molecule is CCN(C)CCNC(=NC)N1CCc2ccccc2C1. The predicted octanol–water partition coefficient (Wildman–Crippen LogP) is 1.57. The average Bonchev–Trinajstić information content (AvgIpc) is 2.51. The van der Waals surface area contributed by atoms with Gasteiger partial charge in [0.2, 0.25) is 0 Å². The number of nitrogens with zero attached hydrogens (tertiary/aromatic N) is 3. The first-order valence-corrected chi connectivity index (χ1v) is 7.45. The quantitative estimate of drug-likeness (QED) is 0.668. The largest absolute Gasteiger partial charge is 0.355 e. The lowest BCUT2D eigenvalue weighted by molar-refractivity contribution is 0.345. The number of fused-ring (bicyclic) bond motifs is 1. The highest BCUT2D eigenvalue weighted by Crippen LogP contribution is 2.18. The maximum Gasteiger partial charge on any atom is 0.194 e. The minimum absolute atomic E-state index is 0.940. The van der Waals surface area contributed by atoms with E-state index in [-0.39, 0.29) is 0 Å². The second-order valence-corrected chi connectivity index (χ2v) is 5.31. The number of aliphatic imine (C=N–C) groups is 1.